The van der Waals surface area contributed by atoms with E-state index < -0.39 is 18.0 Å². The van der Waals surface area contributed by atoms with Gasteiger partial charge in [-0.15, -0.1) is 0 Å². The second-order valence-electron chi connectivity index (χ2n) is 9.61. The maximum Gasteiger partial charge on any atom is 0.407 e. The predicted octanol–water partition coefficient (Wildman–Crippen LogP) is 4.56. The van der Waals surface area contributed by atoms with Crippen molar-refractivity contribution in [2.45, 2.75) is 44.9 Å². The van der Waals surface area contributed by atoms with E-state index in [4.69, 9.17) is 9.84 Å². The number of carbonyl (C=O) groups excluding carboxylic acids is 2. The van der Waals surface area contributed by atoms with Crippen molar-refractivity contribution in [2.24, 2.45) is 17.8 Å². The molecular formula is C28H34N2O5. The molecular weight excluding hydrogens is 444 g/mol. The number of aliphatic carboxylic acids is 1. The van der Waals surface area contributed by atoms with Crippen molar-refractivity contribution < 1.29 is 24.2 Å². The Balaban J connectivity index is 1.19. The zero-order valence-corrected chi connectivity index (χ0v) is 20.2. The first-order chi connectivity index (χ1) is 17.0. The van der Waals surface area contributed by atoms with Gasteiger partial charge in [0, 0.05) is 24.9 Å². The molecule has 2 amide bonds. The largest absolute Gasteiger partial charge is 0.481 e. The predicted molar refractivity (Wildman–Crippen MR) is 133 cm³/mol. The molecule has 186 valence electrons. The number of hydrogen-bond acceptors (Lipinski definition) is 4. The van der Waals surface area contributed by atoms with E-state index in [-0.39, 0.29) is 24.3 Å². The maximum absolute atomic E-state index is 12.4. The summed E-state index contributed by atoms with van der Waals surface area (Å²) in [5.74, 6) is -1.23. The lowest BCUT2D eigenvalue weighted by molar-refractivity contribution is -0.141. The molecule has 1 unspecified atom stereocenters. The van der Waals surface area contributed by atoms with Gasteiger partial charge in [0.15, 0.2) is 0 Å². The van der Waals surface area contributed by atoms with Gasteiger partial charge in [-0.2, -0.15) is 0 Å². The molecule has 1 fully saturated rings. The molecule has 3 N–H and O–H groups in total. The van der Waals surface area contributed by atoms with Crippen LogP contribution in [0.25, 0.3) is 11.1 Å². The number of fused-ring (bicyclic) bond motifs is 3. The number of carbonyl (C=O) groups is 3. The van der Waals surface area contributed by atoms with E-state index in [0.717, 1.165) is 25.7 Å². The number of amides is 2. The molecule has 0 spiro atoms. The van der Waals surface area contributed by atoms with Crippen molar-refractivity contribution in [3.8, 4) is 11.1 Å². The van der Waals surface area contributed by atoms with Gasteiger partial charge in [-0.25, -0.2) is 4.79 Å². The summed E-state index contributed by atoms with van der Waals surface area (Å²) in [6, 6.07) is 16.5. The van der Waals surface area contributed by atoms with Crippen LogP contribution >= 0.6 is 0 Å². The minimum atomic E-state index is -0.879. The second-order valence-corrected chi connectivity index (χ2v) is 9.61. The third kappa shape index (κ3) is 5.84. The summed E-state index contributed by atoms with van der Waals surface area (Å²) in [5, 5.41) is 14.8. The Morgan fingerprint density at radius 2 is 1.54 bits per heavy atom. The van der Waals surface area contributed by atoms with E-state index in [1.54, 1.807) is 6.92 Å². The highest BCUT2D eigenvalue weighted by atomic mass is 16.5. The first-order valence-corrected chi connectivity index (χ1v) is 12.6. The average molecular weight is 479 g/mol. The van der Waals surface area contributed by atoms with E-state index >= 15 is 0 Å². The van der Waals surface area contributed by atoms with Crippen molar-refractivity contribution in [1.29, 1.82) is 0 Å². The van der Waals surface area contributed by atoms with Gasteiger partial charge < -0.3 is 20.5 Å². The number of ether oxygens (including phenoxy) is 1. The van der Waals surface area contributed by atoms with Crippen molar-refractivity contribution in [1.82, 2.24) is 10.6 Å². The Kier molecular flexibility index (Phi) is 8.06. The zero-order valence-electron chi connectivity index (χ0n) is 20.2. The van der Waals surface area contributed by atoms with Crippen LogP contribution in [-0.2, 0) is 14.3 Å². The molecule has 2 aromatic rings. The first kappa shape index (κ1) is 24.8. The van der Waals surface area contributed by atoms with Crippen molar-refractivity contribution in [3.63, 3.8) is 0 Å². The fourth-order valence-electron chi connectivity index (χ4n) is 5.28. The molecule has 0 saturated heterocycles. The molecule has 1 atom stereocenters. The molecule has 0 radical (unpaired) electrons. The number of nitrogens with one attached hydrogen (secondary N) is 2. The average Bonchev–Trinajstić information content (AvgIpc) is 3.20. The van der Waals surface area contributed by atoms with Crippen LogP contribution in [0.3, 0.4) is 0 Å². The van der Waals surface area contributed by atoms with E-state index in [1.165, 1.54) is 22.3 Å². The van der Waals surface area contributed by atoms with Gasteiger partial charge in [0.05, 0.1) is 5.92 Å². The van der Waals surface area contributed by atoms with Crippen LogP contribution in [-0.4, -0.2) is 42.8 Å². The molecule has 2 aromatic carbocycles. The molecule has 2 aliphatic carbocycles. The second kappa shape index (κ2) is 11.4. The topological polar surface area (TPSA) is 105 Å². The zero-order chi connectivity index (χ0) is 24.8. The van der Waals surface area contributed by atoms with Crippen molar-refractivity contribution >= 4 is 18.0 Å². The lowest BCUT2D eigenvalue weighted by Crippen LogP contribution is -2.39. The molecule has 2 aliphatic rings. The SMILES string of the molecule is CCC(CNC(=O)C1CCC(CNC(=O)OCC2c3ccccc3-c3ccccc32)CC1)C(=O)O. The summed E-state index contributed by atoms with van der Waals surface area (Å²) in [7, 11) is 0. The molecule has 0 heterocycles. The molecule has 35 heavy (non-hydrogen) atoms. The quantitative estimate of drug-likeness (QED) is 0.490. The van der Waals surface area contributed by atoms with Gasteiger partial charge in [-0.1, -0.05) is 55.5 Å². The molecule has 0 aromatic heterocycles. The molecule has 7 heteroatoms. The summed E-state index contributed by atoms with van der Waals surface area (Å²) >= 11 is 0. The molecule has 7 nitrogen and oxygen atoms in total. The lowest BCUT2D eigenvalue weighted by Gasteiger charge is -2.28. The number of alkyl carbamates (subject to hydrolysis) is 1. The fraction of sp³-hybridized carbons (Fsp3) is 0.464. The van der Waals surface area contributed by atoms with E-state index in [2.05, 4.69) is 34.9 Å². The van der Waals surface area contributed by atoms with Crippen molar-refractivity contribution in [2.75, 3.05) is 19.7 Å². The van der Waals surface area contributed by atoms with E-state index in [0.29, 0.717) is 25.5 Å². The Morgan fingerprint density at radius 1 is 0.943 bits per heavy atom. The van der Waals surface area contributed by atoms with Crippen LogP contribution in [0.5, 0.6) is 0 Å². The summed E-state index contributed by atoms with van der Waals surface area (Å²) in [4.78, 5) is 36.0. The molecule has 4 rings (SSSR count). The normalized spacial score (nSPS) is 19.8. The minimum Gasteiger partial charge on any atom is -0.481 e. The van der Waals surface area contributed by atoms with Crippen LogP contribution in [0.15, 0.2) is 48.5 Å². The minimum absolute atomic E-state index is 0.0375. The van der Waals surface area contributed by atoms with Crippen LogP contribution in [0.2, 0.25) is 0 Å². The third-order valence-electron chi connectivity index (χ3n) is 7.46. The summed E-state index contributed by atoms with van der Waals surface area (Å²) in [6.45, 7) is 2.80. The Labute approximate surface area is 206 Å². The van der Waals surface area contributed by atoms with Crippen molar-refractivity contribution in [3.05, 3.63) is 59.7 Å². The molecule has 1 saturated carbocycles. The van der Waals surface area contributed by atoms with Gasteiger partial charge in [-0.05, 0) is 60.3 Å². The molecule has 0 aliphatic heterocycles. The van der Waals surface area contributed by atoms with Crippen LogP contribution in [0.4, 0.5) is 4.79 Å². The number of carboxylic acids is 1. The van der Waals surface area contributed by atoms with E-state index in [9.17, 15) is 14.4 Å². The fourth-order valence-corrected chi connectivity index (χ4v) is 5.28. The monoisotopic (exact) mass is 478 g/mol. The van der Waals surface area contributed by atoms with Crippen LogP contribution in [0.1, 0.15) is 56.1 Å². The highest BCUT2D eigenvalue weighted by Crippen LogP contribution is 2.44. The van der Waals surface area contributed by atoms with E-state index in [1.807, 2.05) is 24.3 Å². The van der Waals surface area contributed by atoms with Gasteiger partial charge in [0.2, 0.25) is 5.91 Å². The Hall–Kier alpha value is -3.35. The Bertz CT molecular complexity index is 1020. The third-order valence-corrected chi connectivity index (χ3v) is 7.46. The number of carboxylic acid groups (broad SMARTS) is 1. The summed E-state index contributed by atoms with van der Waals surface area (Å²) in [5.41, 5.74) is 4.77. The van der Waals surface area contributed by atoms with Gasteiger partial charge in [0.1, 0.15) is 6.61 Å². The first-order valence-electron chi connectivity index (χ1n) is 12.6. The standard InChI is InChI=1S/C28H34N2O5/c1-2-19(27(32)33)16-29-26(31)20-13-11-18(12-14-20)15-30-28(34)35-17-25-23-9-5-3-7-21(23)22-8-4-6-10-24(22)25/h3-10,18-20,25H,2,11-17H2,1H3,(H,29,31)(H,30,34)(H,32,33). The Morgan fingerprint density at radius 3 is 2.11 bits per heavy atom. The maximum atomic E-state index is 12.4. The lowest BCUT2D eigenvalue weighted by atomic mass is 9.81. The highest BCUT2D eigenvalue weighted by Gasteiger charge is 2.30. The number of hydrogen-bond donors (Lipinski definition) is 3. The number of rotatable bonds is 9. The highest BCUT2D eigenvalue weighted by molar-refractivity contribution is 5.80. The van der Waals surface area contributed by atoms with Gasteiger partial charge >= 0.3 is 12.1 Å². The smallest absolute Gasteiger partial charge is 0.407 e. The van der Waals surface area contributed by atoms with Crippen LogP contribution in [0, 0.1) is 17.8 Å². The summed E-state index contributed by atoms with van der Waals surface area (Å²) in [6.07, 6.45) is 3.25. The van der Waals surface area contributed by atoms with Gasteiger partial charge in [0.25, 0.3) is 0 Å². The van der Waals surface area contributed by atoms with Gasteiger partial charge in [-0.3, -0.25) is 9.59 Å². The number of benzene rings is 2. The van der Waals surface area contributed by atoms with Crippen LogP contribution < -0.4 is 10.6 Å². The summed E-state index contributed by atoms with van der Waals surface area (Å²) < 4.78 is 5.61. The molecule has 0 bridgehead atoms.